The molecule has 0 aromatic carbocycles. The van der Waals surface area contributed by atoms with Gasteiger partial charge in [0.1, 0.15) is 0 Å². The van der Waals surface area contributed by atoms with E-state index in [2.05, 4.69) is 81.1 Å². The first-order chi connectivity index (χ1) is 30.2. The maximum Gasteiger partial charge on any atom is 0.243 e. The Kier molecular flexibility index (Phi) is 28.5. The molecule has 4 heterocycles. The van der Waals surface area contributed by atoms with Crippen LogP contribution in [0.5, 0.6) is 0 Å². The van der Waals surface area contributed by atoms with Crippen LogP contribution in [0.1, 0.15) is 113 Å². The van der Waals surface area contributed by atoms with Crippen LogP contribution in [0.3, 0.4) is 0 Å². The average Bonchev–Trinajstić information content (AvgIpc) is 3.29. The van der Waals surface area contributed by atoms with E-state index >= 15 is 0 Å². The van der Waals surface area contributed by atoms with Crippen LogP contribution in [0.2, 0.25) is 0 Å². The summed E-state index contributed by atoms with van der Waals surface area (Å²) in [4.78, 5) is 49.5. The summed E-state index contributed by atoms with van der Waals surface area (Å²) < 4.78 is 28.3. The Morgan fingerprint density at radius 3 is 1.19 bits per heavy atom. The Morgan fingerprint density at radius 1 is 0.524 bits per heavy atom. The molecule has 63 heavy (non-hydrogen) atoms. The number of carbonyl (C=O) groups excluding carboxylic acids is 1. The van der Waals surface area contributed by atoms with E-state index in [0.29, 0.717) is 80.5 Å². The number of halogens is 1. The number of alkyl halides is 1. The first kappa shape index (κ1) is 56.8. The van der Waals surface area contributed by atoms with Crippen molar-refractivity contribution in [3.8, 4) is 0 Å². The van der Waals surface area contributed by atoms with Gasteiger partial charge in [0, 0.05) is 76.0 Å². The van der Waals surface area contributed by atoms with Crippen LogP contribution in [0.25, 0.3) is 5.76 Å². The van der Waals surface area contributed by atoms with Gasteiger partial charge in [-0.3, -0.25) is 14.6 Å². The molecule has 16 nitrogen and oxygen atoms in total. The van der Waals surface area contributed by atoms with Crippen LogP contribution in [0.15, 0.2) is 56.2 Å². The maximum absolute atomic E-state index is 11.7. The van der Waals surface area contributed by atoms with Crippen LogP contribution in [0.4, 0.5) is 0 Å². The molecule has 0 saturated heterocycles. The van der Waals surface area contributed by atoms with Crippen molar-refractivity contribution in [2.75, 3.05) is 77.6 Å². The number of aryl methyl sites for hydroxylation is 4. The van der Waals surface area contributed by atoms with Gasteiger partial charge in [0.05, 0.1) is 25.0 Å². The van der Waals surface area contributed by atoms with Crippen LogP contribution in [0, 0.1) is 27.7 Å². The number of likely N-dealkylation sites (N-methyl/N-ethyl adjacent to an activating group) is 2. The first-order valence-electron chi connectivity index (χ1n) is 21.8. The lowest BCUT2D eigenvalue weighted by atomic mass is 10.2. The summed E-state index contributed by atoms with van der Waals surface area (Å²) in [5.41, 5.74) is 4.04. The quantitative estimate of drug-likeness (QED) is 0.0304. The Morgan fingerprint density at radius 2 is 0.857 bits per heavy atom. The minimum absolute atomic E-state index is 0.0151. The molecule has 0 atom stereocenters. The van der Waals surface area contributed by atoms with E-state index < -0.39 is 11.6 Å². The zero-order valence-corrected chi connectivity index (χ0v) is 41.7. The fourth-order valence-electron chi connectivity index (χ4n) is 5.53. The SMILES string of the molecule is C=C(OCC)c1ncc(C)cn1.CCN(CC)CC(=O)c1ncc(C)cn1.CCOC(CBr)(OCC)c1ncc(C)cn1.CCOC(CN(CC)CC)(OCC)c1ncc(C)cn1. The number of aromatic nitrogens is 8. The minimum Gasteiger partial charge on any atom is -0.491 e. The van der Waals surface area contributed by atoms with Crippen LogP contribution < -0.4 is 0 Å². The lowest BCUT2D eigenvalue weighted by Gasteiger charge is -2.35. The molecule has 0 saturated carbocycles. The van der Waals surface area contributed by atoms with Gasteiger partial charge >= 0.3 is 0 Å². The molecule has 0 bridgehead atoms. The third-order valence-corrected chi connectivity index (χ3v) is 9.63. The first-order valence-corrected chi connectivity index (χ1v) is 22.9. The van der Waals surface area contributed by atoms with Crippen LogP contribution in [-0.2, 0) is 35.3 Å². The van der Waals surface area contributed by atoms with Crippen molar-refractivity contribution in [3.05, 3.63) is 102 Å². The molecule has 0 aliphatic heterocycles. The van der Waals surface area contributed by atoms with Crippen molar-refractivity contribution in [3.63, 3.8) is 0 Å². The smallest absolute Gasteiger partial charge is 0.243 e. The Hall–Kier alpha value is -4.23. The van der Waals surface area contributed by atoms with E-state index in [1.54, 1.807) is 49.6 Å². The Labute approximate surface area is 385 Å². The molecule has 0 aliphatic carbocycles. The highest BCUT2D eigenvalue weighted by atomic mass is 79.9. The van der Waals surface area contributed by atoms with E-state index in [4.69, 9.17) is 23.7 Å². The number of ketones is 1. The monoisotopic (exact) mass is 940 g/mol. The number of ether oxygens (including phenoxy) is 5. The minimum atomic E-state index is -0.886. The summed E-state index contributed by atoms with van der Waals surface area (Å²) in [5, 5.41) is 0.505. The second kappa shape index (κ2) is 31.6. The summed E-state index contributed by atoms with van der Waals surface area (Å²) in [6.07, 6.45) is 14.0. The van der Waals surface area contributed by atoms with Gasteiger partial charge in [-0.25, -0.2) is 39.9 Å². The van der Waals surface area contributed by atoms with Gasteiger partial charge in [0.2, 0.25) is 17.4 Å². The van der Waals surface area contributed by atoms with Gasteiger partial charge in [-0.15, -0.1) is 0 Å². The molecule has 0 fully saturated rings. The number of rotatable bonds is 23. The van der Waals surface area contributed by atoms with Gasteiger partial charge in [-0.1, -0.05) is 50.2 Å². The number of Topliss-reactive ketones (excluding diaryl/α,β-unsaturated/α-hetero) is 1. The number of hydrogen-bond acceptors (Lipinski definition) is 16. The lowest BCUT2D eigenvalue weighted by molar-refractivity contribution is -0.255. The van der Waals surface area contributed by atoms with E-state index in [9.17, 15) is 4.79 Å². The van der Waals surface area contributed by atoms with Crippen LogP contribution in [-0.4, -0.2) is 133 Å². The zero-order chi connectivity index (χ0) is 47.3. The molecule has 4 rings (SSSR count). The molecule has 0 aliphatic rings. The second-order valence-corrected chi connectivity index (χ2v) is 14.5. The summed E-state index contributed by atoms with van der Waals surface area (Å²) in [6.45, 7) is 36.9. The predicted octanol–water partition coefficient (Wildman–Crippen LogP) is 7.86. The van der Waals surface area contributed by atoms with Crippen molar-refractivity contribution in [2.45, 2.75) is 102 Å². The zero-order valence-electron chi connectivity index (χ0n) is 40.1. The molecule has 0 spiro atoms. The normalized spacial score (nSPS) is 11.2. The molecular weight excluding hydrogens is 868 g/mol. The molecule has 0 amide bonds. The fourth-order valence-corrected chi connectivity index (χ4v) is 6.10. The van der Waals surface area contributed by atoms with Crippen molar-refractivity contribution < 1.29 is 28.5 Å². The molecule has 17 heteroatoms. The van der Waals surface area contributed by atoms with Gasteiger partial charge < -0.3 is 23.7 Å². The Bertz CT molecular complexity index is 1800. The highest BCUT2D eigenvalue weighted by molar-refractivity contribution is 9.09. The van der Waals surface area contributed by atoms with Gasteiger partial charge in [-0.05, 0) is 111 Å². The number of nitrogens with zero attached hydrogens (tertiary/aromatic N) is 10. The van der Waals surface area contributed by atoms with E-state index in [0.717, 1.165) is 48.4 Å². The molecular formula is C46H73BrN10O6. The van der Waals surface area contributed by atoms with Crippen molar-refractivity contribution >= 4 is 27.5 Å². The van der Waals surface area contributed by atoms with Gasteiger partial charge in [0.25, 0.3) is 0 Å². The lowest BCUT2D eigenvalue weighted by Crippen LogP contribution is -2.46. The summed E-state index contributed by atoms with van der Waals surface area (Å²) >= 11 is 3.40. The Balaban J connectivity index is 0.000000426. The van der Waals surface area contributed by atoms with Gasteiger partial charge in [-0.2, -0.15) is 0 Å². The molecule has 0 unspecified atom stereocenters. The third-order valence-electron chi connectivity index (χ3n) is 8.90. The third kappa shape index (κ3) is 20.0. The summed E-state index contributed by atoms with van der Waals surface area (Å²) in [6, 6.07) is 0. The van der Waals surface area contributed by atoms with Crippen molar-refractivity contribution in [2.24, 2.45) is 0 Å². The molecule has 0 N–H and O–H groups in total. The molecule has 4 aromatic heterocycles. The average molecular weight is 942 g/mol. The number of carbonyl (C=O) groups is 1. The van der Waals surface area contributed by atoms with Crippen LogP contribution >= 0.6 is 15.9 Å². The highest BCUT2D eigenvalue weighted by Crippen LogP contribution is 2.27. The molecule has 350 valence electrons. The molecule has 0 radical (unpaired) electrons. The summed E-state index contributed by atoms with van der Waals surface area (Å²) in [5.74, 6) is 0.768. The molecule has 4 aromatic rings. The largest absolute Gasteiger partial charge is 0.491 e. The standard InChI is InChI=1S/C15H27N3O2.C11H17BrN2O2.C11H17N3O.C9H12N2O/c1-6-18(7-2)12-15(19-8-3,20-9-4)14-16-10-13(5)11-17-14;1-4-15-11(8-12,16-5-2)10-13-6-9(3)7-14-10;1-4-14(5-2)8-10(15)11-12-6-9(3)7-13-11;1-4-12-8(3)9-10-5-7(2)6-11-9/h10-11H,6-9,12H2,1-5H3;6-7H,4-5,8H2,1-3H3;6-7H,4-5,8H2,1-3H3;5-6H,3-4H2,1-2H3. The van der Waals surface area contributed by atoms with Crippen molar-refractivity contribution in [1.82, 2.24) is 49.7 Å². The summed E-state index contributed by atoms with van der Waals surface area (Å²) in [7, 11) is 0. The second-order valence-electron chi connectivity index (χ2n) is 13.9. The van der Waals surface area contributed by atoms with Crippen molar-refractivity contribution in [1.29, 1.82) is 0 Å². The van der Waals surface area contributed by atoms with E-state index in [-0.39, 0.29) is 5.78 Å². The predicted molar refractivity (Wildman–Crippen MR) is 251 cm³/mol. The van der Waals surface area contributed by atoms with E-state index in [1.807, 2.05) is 81.1 Å². The number of hydrogen-bond donors (Lipinski definition) is 0. The fraction of sp³-hybridized carbons (Fsp3) is 0.587. The highest BCUT2D eigenvalue weighted by Gasteiger charge is 2.39. The maximum atomic E-state index is 11.7. The van der Waals surface area contributed by atoms with E-state index in [1.165, 1.54) is 0 Å². The van der Waals surface area contributed by atoms with Gasteiger partial charge in [0.15, 0.2) is 29.1 Å². The topological polar surface area (TPSA) is 173 Å².